The number of aldehydes is 1. The number of carbonyl (C=O) groups excluding carboxylic acids is 1. The van der Waals surface area contributed by atoms with Gasteiger partial charge in [0.25, 0.3) is 0 Å². The highest BCUT2D eigenvalue weighted by Crippen LogP contribution is 2.02. The molecule has 0 spiro atoms. The second kappa shape index (κ2) is 14.6. The van der Waals surface area contributed by atoms with E-state index in [1.54, 1.807) is 0 Å². The Morgan fingerprint density at radius 1 is 0.706 bits per heavy atom. The summed E-state index contributed by atoms with van der Waals surface area (Å²) in [7, 11) is 0. The molecule has 0 aliphatic heterocycles. The molecule has 0 atom stereocenters. The summed E-state index contributed by atoms with van der Waals surface area (Å²) in [6.07, 6.45) is 23.8. The molecule has 0 bridgehead atoms. The minimum atomic E-state index is 0.708. The van der Waals surface area contributed by atoms with E-state index in [4.69, 9.17) is 0 Å². The van der Waals surface area contributed by atoms with Crippen LogP contribution >= 0.6 is 0 Å². The lowest BCUT2D eigenvalue weighted by molar-refractivity contribution is -0.107. The predicted molar refractivity (Wildman–Crippen MR) is 76.0 cm³/mol. The van der Waals surface area contributed by atoms with Gasteiger partial charge in [-0.25, -0.2) is 0 Å². The van der Waals surface area contributed by atoms with Crippen LogP contribution in [0.4, 0.5) is 0 Å². The number of allylic oxidation sites excluding steroid dienone is 8. The second-order valence-corrected chi connectivity index (χ2v) is 3.84. The van der Waals surface area contributed by atoms with E-state index in [1.807, 2.05) is 24.3 Å². The molecular weight excluding hydrogens is 208 g/mol. The molecule has 0 heterocycles. The lowest BCUT2D eigenvalue weighted by Gasteiger charge is -1.92. The van der Waals surface area contributed by atoms with Crippen molar-refractivity contribution in [3.63, 3.8) is 0 Å². The molecule has 94 valence electrons. The lowest BCUT2D eigenvalue weighted by Crippen LogP contribution is -1.77. The van der Waals surface area contributed by atoms with E-state index < -0.39 is 0 Å². The Hall–Kier alpha value is -1.37. The fourth-order valence-electron chi connectivity index (χ4n) is 1.31. The molecule has 0 unspecified atom stereocenters. The van der Waals surface area contributed by atoms with Crippen molar-refractivity contribution in [2.45, 2.75) is 45.4 Å². The Labute approximate surface area is 106 Å². The molecule has 0 aliphatic rings. The molecule has 0 saturated carbocycles. The molecule has 0 rings (SSSR count). The van der Waals surface area contributed by atoms with Gasteiger partial charge in [0.05, 0.1) is 0 Å². The van der Waals surface area contributed by atoms with Gasteiger partial charge in [0.15, 0.2) is 0 Å². The topological polar surface area (TPSA) is 17.1 Å². The van der Waals surface area contributed by atoms with Crippen molar-refractivity contribution in [3.05, 3.63) is 48.6 Å². The van der Waals surface area contributed by atoms with Gasteiger partial charge in [-0.3, -0.25) is 0 Å². The average Bonchev–Trinajstić information content (AvgIpc) is 2.35. The Kier molecular flexibility index (Phi) is 13.5. The summed E-state index contributed by atoms with van der Waals surface area (Å²) in [5.74, 6) is 0. The van der Waals surface area contributed by atoms with Crippen molar-refractivity contribution >= 4 is 6.29 Å². The largest absolute Gasteiger partial charge is 0.303 e. The first-order chi connectivity index (χ1) is 8.41. The number of carbonyl (C=O) groups is 1. The molecule has 0 aliphatic carbocycles. The highest BCUT2D eigenvalue weighted by molar-refractivity contribution is 5.48. The van der Waals surface area contributed by atoms with Gasteiger partial charge in [-0.1, -0.05) is 62.0 Å². The van der Waals surface area contributed by atoms with E-state index in [0.717, 1.165) is 32.0 Å². The molecule has 0 saturated heterocycles. The van der Waals surface area contributed by atoms with Gasteiger partial charge in [0.1, 0.15) is 6.29 Å². The maximum Gasteiger partial charge on any atom is 0.119 e. The first-order valence-electron chi connectivity index (χ1n) is 6.50. The SMILES string of the molecule is CC/C=C/C=C/C=C/C=C/CCCCCC=O. The van der Waals surface area contributed by atoms with Crippen LogP contribution in [0.25, 0.3) is 0 Å². The first-order valence-corrected chi connectivity index (χ1v) is 6.50. The van der Waals surface area contributed by atoms with E-state index in [1.165, 1.54) is 6.42 Å². The van der Waals surface area contributed by atoms with Gasteiger partial charge >= 0.3 is 0 Å². The zero-order chi connectivity index (χ0) is 12.6. The van der Waals surface area contributed by atoms with E-state index in [0.29, 0.717) is 6.42 Å². The predicted octanol–water partition coefficient (Wildman–Crippen LogP) is 4.77. The smallest absolute Gasteiger partial charge is 0.119 e. The zero-order valence-electron chi connectivity index (χ0n) is 10.8. The number of hydrogen-bond acceptors (Lipinski definition) is 1. The van der Waals surface area contributed by atoms with Crippen molar-refractivity contribution in [3.8, 4) is 0 Å². The Balaban J connectivity index is 3.40. The van der Waals surface area contributed by atoms with Gasteiger partial charge < -0.3 is 4.79 Å². The molecule has 0 aromatic rings. The monoisotopic (exact) mass is 232 g/mol. The van der Waals surface area contributed by atoms with E-state index in [-0.39, 0.29) is 0 Å². The molecule has 1 heteroatoms. The summed E-state index contributed by atoms with van der Waals surface area (Å²) >= 11 is 0. The van der Waals surface area contributed by atoms with Crippen LogP contribution in [0.2, 0.25) is 0 Å². The van der Waals surface area contributed by atoms with Crippen molar-refractivity contribution in [1.82, 2.24) is 0 Å². The van der Waals surface area contributed by atoms with Crippen LogP contribution in [-0.4, -0.2) is 6.29 Å². The zero-order valence-corrected chi connectivity index (χ0v) is 10.8. The lowest BCUT2D eigenvalue weighted by atomic mass is 10.1. The molecule has 0 radical (unpaired) electrons. The summed E-state index contributed by atoms with van der Waals surface area (Å²) in [6, 6.07) is 0. The number of unbranched alkanes of at least 4 members (excludes halogenated alkanes) is 4. The van der Waals surface area contributed by atoms with Crippen molar-refractivity contribution < 1.29 is 4.79 Å². The van der Waals surface area contributed by atoms with Crippen LogP contribution in [0, 0.1) is 0 Å². The third-order valence-corrected chi connectivity index (χ3v) is 2.26. The number of hydrogen-bond donors (Lipinski definition) is 0. The van der Waals surface area contributed by atoms with Gasteiger partial charge in [0, 0.05) is 6.42 Å². The highest BCUT2D eigenvalue weighted by atomic mass is 16.1. The molecular formula is C16H24O. The quantitative estimate of drug-likeness (QED) is 0.301. The minimum absolute atomic E-state index is 0.708. The normalized spacial score (nSPS) is 12.5. The summed E-state index contributed by atoms with van der Waals surface area (Å²) in [5, 5.41) is 0. The molecule has 17 heavy (non-hydrogen) atoms. The van der Waals surface area contributed by atoms with Crippen molar-refractivity contribution in [1.29, 1.82) is 0 Å². The highest BCUT2D eigenvalue weighted by Gasteiger charge is 1.85. The maximum atomic E-state index is 10.1. The summed E-state index contributed by atoms with van der Waals surface area (Å²) in [4.78, 5) is 10.1. The first kappa shape index (κ1) is 15.6. The summed E-state index contributed by atoms with van der Waals surface area (Å²) in [5.41, 5.74) is 0. The number of rotatable bonds is 10. The summed E-state index contributed by atoms with van der Waals surface area (Å²) in [6.45, 7) is 2.12. The molecule has 1 nitrogen and oxygen atoms in total. The van der Waals surface area contributed by atoms with Crippen molar-refractivity contribution in [2.24, 2.45) is 0 Å². The molecule has 0 N–H and O–H groups in total. The minimum Gasteiger partial charge on any atom is -0.303 e. The average molecular weight is 232 g/mol. The molecule has 0 fully saturated rings. The Bertz CT molecular complexity index is 269. The van der Waals surface area contributed by atoms with E-state index in [2.05, 4.69) is 31.2 Å². The van der Waals surface area contributed by atoms with Crippen molar-refractivity contribution in [2.75, 3.05) is 0 Å². The second-order valence-electron chi connectivity index (χ2n) is 3.84. The third-order valence-electron chi connectivity index (χ3n) is 2.26. The van der Waals surface area contributed by atoms with Crippen LogP contribution in [0.5, 0.6) is 0 Å². The Morgan fingerprint density at radius 2 is 1.29 bits per heavy atom. The van der Waals surface area contributed by atoms with Crippen LogP contribution in [0.1, 0.15) is 45.4 Å². The molecule has 0 aromatic carbocycles. The van der Waals surface area contributed by atoms with E-state index >= 15 is 0 Å². The fourth-order valence-corrected chi connectivity index (χ4v) is 1.31. The fraction of sp³-hybridized carbons (Fsp3) is 0.438. The Morgan fingerprint density at radius 3 is 1.94 bits per heavy atom. The van der Waals surface area contributed by atoms with Gasteiger partial charge in [0.2, 0.25) is 0 Å². The van der Waals surface area contributed by atoms with E-state index in [9.17, 15) is 4.79 Å². The van der Waals surface area contributed by atoms with Gasteiger partial charge in [-0.15, -0.1) is 0 Å². The van der Waals surface area contributed by atoms with Crippen LogP contribution in [0.15, 0.2) is 48.6 Å². The van der Waals surface area contributed by atoms with Crippen LogP contribution in [-0.2, 0) is 4.79 Å². The van der Waals surface area contributed by atoms with Crippen LogP contribution in [0.3, 0.4) is 0 Å². The summed E-state index contributed by atoms with van der Waals surface area (Å²) < 4.78 is 0. The van der Waals surface area contributed by atoms with Crippen LogP contribution < -0.4 is 0 Å². The van der Waals surface area contributed by atoms with Gasteiger partial charge in [-0.2, -0.15) is 0 Å². The molecule has 0 amide bonds. The standard InChI is InChI=1S/C16H24O/c1-2-3-4-5-6-7-8-9-10-11-12-13-14-15-16-17/h3-10,16H,2,11-15H2,1H3/b4-3+,6-5+,8-7+,10-9+. The molecule has 0 aromatic heterocycles. The third kappa shape index (κ3) is 14.6. The van der Waals surface area contributed by atoms with Gasteiger partial charge in [-0.05, 0) is 25.7 Å². The maximum absolute atomic E-state index is 10.1.